The normalized spacial score (nSPS) is 10.1. The van der Waals surface area contributed by atoms with Crippen molar-refractivity contribution >= 4 is 29.3 Å². The van der Waals surface area contributed by atoms with Crippen molar-refractivity contribution in [2.24, 2.45) is 0 Å². The van der Waals surface area contributed by atoms with Crippen molar-refractivity contribution < 1.29 is 23.9 Å². The Morgan fingerprint density at radius 1 is 1.04 bits per heavy atom. The molecule has 0 saturated carbocycles. The van der Waals surface area contributed by atoms with Gasteiger partial charge < -0.3 is 20.1 Å². The summed E-state index contributed by atoms with van der Waals surface area (Å²) < 4.78 is 10.4. The van der Waals surface area contributed by atoms with Crippen LogP contribution in [0, 0.1) is 0 Å². The number of hydrogen-bond acceptors (Lipinski definition) is 6. The van der Waals surface area contributed by atoms with Crippen LogP contribution in [0.1, 0.15) is 24.2 Å². The molecule has 0 aliphatic heterocycles. The van der Waals surface area contributed by atoms with E-state index in [2.05, 4.69) is 16.0 Å². The molecule has 0 heterocycles. The van der Waals surface area contributed by atoms with Gasteiger partial charge in [0, 0.05) is 5.69 Å². The van der Waals surface area contributed by atoms with Crippen molar-refractivity contribution in [3.05, 3.63) is 54.1 Å². The molecule has 148 valence electrons. The van der Waals surface area contributed by atoms with Gasteiger partial charge in [-0.05, 0) is 44.2 Å². The van der Waals surface area contributed by atoms with Crippen LogP contribution in [0.25, 0.3) is 0 Å². The fourth-order valence-corrected chi connectivity index (χ4v) is 2.30. The summed E-state index contributed by atoms with van der Waals surface area (Å²) in [5, 5.41) is 7.66. The molecule has 8 heteroatoms. The maximum atomic E-state index is 12.1. The summed E-state index contributed by atoms with van der Waals surface area (Å²) in [4.78, 5) is 35.7. The Labute approximate surface area is 163 Å². The number of para-hydroxylation sites is 1. The number of amides is 3. The molecule has 0 radical (unpaired) electrons. The van der Waals surface area contributed by atoms with Crippen LogP contribution < -0.4 is 20.7 Å². The molecular weight excluding hydrogens is 362 g/mol. The van der Waals surface area contributed by atoms with E-state index in [0.29, 0.717) is 22.7 Å². The molecule has 8 nitrogen and oxygen atoms in total. The fraction of sp³-hybridized carbons (Fsp3) is 0.250. The maximum absolute atomic E-state index is 12.1. The van der Waals surface area contributed by atoms with Crippen molar-refractivity contribution in [2.45, 2.75) is 20.0 Å². The van der Waals surface area contributed by atoms with Crippen molar-refractivity contribution in [1.82, 2.24) is 5.32 Å². The van der Waals surface area contributed by atoms with E-state index < -0.39 is 17.9 Å². The third kappa shape index (κ3) is 6.31. The molecule has 3 N–H and O–H groups in total. The molecule has 0 saturated heterocycles. The Hall–Kier alpha value is -3.55. The predicted octanol–water partition coefficient (Wildman–Crippen LogP) is 3.02. The molecular formula is C20H23N3O5. The molecule has 3 amide bonds. The highest BCUT2D eigenvalue weighted by Crippen LogP contribution is 2.27. The number of carbonyl (C=O) groups excluding carboxylic acids is 3. The Bertz CT molecular complexity index is 837. The van der Waals surface area contributed by atoms with Crippen LogP contribution in [0.15, 0.2) is 48.5 Å². The Balaban J connectivity index is 1.99. The summed E-state index contributed by atoms with van der Waals surface area (Å²) in [6.45, 7) is 3.53. The summed E-state index contributed by atoms with van der Waals surface area (Å²) in [6, 6.07) is 12.8. The SMILES string of the molecule is COC(=O)c1ccc(OC(C)C)c(NCC(=O)NC(=O)Nc2ccccc2)c1. The third-order valence-corrected chi connectivity index (χ3v) is 3.49. The molecule has 0 atom stereocenters. The van der Waals surface area contributed by atoms with Crippen LogP contribution in [0.5, 0.6) is 5.75 Å². The maximum Gasteiger partial charge on any atom is 0.337 e. The highest BCUT2D eigenvalue weighted by atomic mass is 16.5. The molecule has 0 aliphatic rings. The van der Waals surface area contributed by atoms with Gasteiger partial charge in [0.1, 0.15) is 5.75 Å². The van der Waals surface area contributed by atoms with E-state index in [1.807, 2.05) is 19.9 Å². The summed E-state index contributed by atoms with van der Waals surface area (Å²) in [5.41, 5.74) is 1.32. The minimum atomic E-state index is -0.639. The largest absolute Gasteiger partial charge is 0.489 e. The summed E-state index contributed by atoms with van der Waals surface area (Å²) in [7, 11) is 1.28. The van der Waals surface area contributed by atoms with Crippen molar-refractivity contribution in [2.75, 3.05) is 24.3 Å². The van der Waals surface area contributed by atoms with Gasteiger partial charge in [0.15, 0.2) is 0 Å². The second-order valence-electron chi connectivity index (χ2n) is 6.09. The van der Waals surface area contributed by atoms with Crippen LogP contribution in [-0.2, 0) is 9.53 Å². The van der Waals surface area contributed by atoms with Gasteiger partial charge in [0.2, 0.25) is 5.91 Å². The van der Waals surface area contributed by atoms with Gasteiger partial charge in [0.25, 0.3) is 0 Å². The third-order valence-electron chi connectivity index (χ3n) is 3.49. The van der Waals surface area contributed by atoms with Crippen LogP contribution >= 0.6 is 0 Å². The number of ether oxygens (including phenoxy) is 2. The minimum absolute atomic E-state index is 0.102. The molecule has 28 heavy (non-hydrogen) atoms. The molecule has 0 spiro atoms. The lowest BCUT2D eigenvalue weighted by Gasteiger charge is -2.16. The van der Waals surface area contributed by atoms with E-state index in [0.717, 1.165) is 0 Å². The number of nitrogens with one attached hydrogen (secondary N) is 3. The van der Waals surface area contributed by atoms with Crippen LogP contribution in [0.2, 0.25) is 0 Å². The highest BCUT2D eigenvalue weighted by molar-refractivity contribution is 6.02. The number of benzene rings is 2. The lowest BCUT2D eigenvalue weighted by molar-refractivity contribution is -0.118. The minimum Gasteiger partial charge on any atom is -0.489 e. The Kier molecular flexibility index (Phi) is 7.38. The predicted molar refractivity (Wildman–Crippen MR) is 106 cm³/mol. The molecule has 0 fully saturated rings. The lowest BCUT2D eigenvalue weighted by atomic mass is 10.2. The number of methoxy groups -OCH3 is 1. The summed E-state index contributed by atoms with van der Waals surface area (Å²) in [5.74, 6) is -0.581. The second kappa shape index (κ2) is 9.96. The van der Waals surface area contributed by atoms with E-state index in [4.69, 9.17) is 9.47 Å². The molecule has 0 bridgehead atoms. The number of esters is 1. The number of anilines is 2. The first-order valence-electron chi connectivity index (χ1n) is 8.68. The molecule has 2 rings (SSSR count). The summed E-state index contributed by atoms with van der Waals surface area (Å²) in [6.07, 6.45) is -0.102. The van der Waals surface area contributed by atoms with Crippen molar-refractivity contribution in [3.63, 3.8) is 0 Å². The Morgan fingerprint density at radius 2 is 1.75 bits per heavy atom. The standard InChI is InChI=1S/C20H23N3O5/c1-13(2)28-17-10-9-14(19(25)27-3)11-16(17)21-12-18(24)23-20(26)22-15-7-5-4-6-8-15/h4-11,13,21H,12H2,1-3H3,(H2,22,23,24,26). The van der Waals surface area contributed by atoms with Crippen molar-refractivity contribution in [3.8, 4) is 5.75 Å². The summed E-state index contributed by atoms with van der Waals surface area (Å²) >= 11 is 0. The first-order valence-corrected chi connectivity index (χ1v) is 8.68. The highest BCUT2D eigenvalue weighted by Gasteiger charge is 2.14. The quantitative estimate of drug-likeness (QED) is 0.633. The van der Waals surface area contributed by atoms with Crippen LogP contribution in [-0.4, -0.2) is 37.7 Å². The van der Waals surface area contributed by atoms with E-state index in [1.165, 1.54) is 13.2 Å². The first-order chi connectivity index (χ1) is 13.4. The van der Waals surface area contributed by atoms with Crippen LogP contribution in [0.4, 0.5) is 16.2 Å². The smallest absolute Gasteiger partial charge is 0.337 e. The van der Waals surface area contributed by atoms with Gasteiger partial charge in [0.05, 0.1) is 31.0 Å². The molecule has 0 unspecified atom stereocenters. The molecule has 2 aromatic rings. The zero-order chi connectivity index (χ0) is 20.5. The van der Waals surface area contributed by atoms with E-state index in [-0.39, 0.29) is 12.6 Å². The van der Waals surface area contributed by atoms with Gasteiger partial charge in [-0.15, -0.1) is 0 Å². The number of carbonyl (C=O) groups is 3. The topological polar surface area (TPSA) is 106 Å². The lowest BCUT2D eigenvalue weighted by Crippen LogP contribution is -2.38. The number of urea groups is 1. The average molecular weight is 385 g/mol. The zero-order valence-electron chi connectivity index (χ0n) is 15.9. The van der Waals surface area contributed by atoms with E-state index >= 15 is 0 Å². The molecule has 2 aromatic carbocycles. The Morgan fingerprint density at radius 3 is 2.39 bits per heavy atom. The van der Waals surface area contributed by atoms with Crippen LogP contribution in [0.3, 0.4) is 0 Å². The number of hydrogen-bond donors (Lipinski definition) is 3. The van der Waals surface area contributed by atoms with Gasteiger partial charge in [-0.2, -0.15) is 0 Å². The monoisotopic (exact) mass is 385 g/mol. The second-order valence-corrected chi connectivity index (χ2v) is 6.09. The zero-order valence-corrected chi connectivity index (χ0v) is 15.9. The van der Waals surface area contributed by atoms with Gasteiger partial charge in [-0.1, -0.05) is 18.2 Å². The fourth-order valence-electron chi connectivity index (χ4n) is 2.30. The molecule has 0 aromatic heterocycles. The number of imide groups is 1. The first kappa shape index (κ1) is 20.8. The average Bonchev–Trinajstić information content (AvgIpc) is 2.66. The van der Waals surface area contributed by atoms with Gasteiger partial charge in [-0.25, -0.2) is 9.59 Å². The van der Waals surface area contributed by atoms with E-state index in [1.54, 1.807) is 36.4 Å². The number of rotatable bonds is 7. The van der Waals surface area contributed by atoms with Gasteiger partial charge in [-0.3, -0.25) is 10.1 Å². The van der Waals surface area contributed by atoms with E-state index in [9.17, 15) is 14.4 Å². The molecule has 0 aliphatic carbocycles. The van der Waals surface area contributed by atoms with Gasteiger partial charge >= 0.3 is 12.0 Å². The van der Waals surface area contributed by atoms with Crippen molar-refractivity contribution in [1.29, 1.82) is 0 Å².